The Hall–Kier alpha value is 0.0200. The third kappa shape index (κ3) is 22.0. The van der Waals surface area contributed by atoms with Gasteiger partial charge in [0, 0.05) is 3.57 Å². The van der Waals surface area contributed by atoms with Crippen molar-refractivity contribution in [3.63, 3.8) is 0 Å². The average Bonchev–Trinajstić information content (AvgIpc) is 2.80. The fourth-order valence-electron chi connectivity index (χ4n) is 4.20. The molecule has 0 aliphatic heterocycles. The minimum atomic E-state index is -4.14. The molecular weight excluding hydrogens is 582 g/mol. The first-order valence-electron chi connectivity index (χ1n) is 14.3. The highest BCUT2D eigenvalue weighted by Crippen LogP contribution is 2.38. The van der Waals surface area contributed by atoms with Crippen molar-refractivity contribution in [2.24, 2.45) is 0 Å². The Morgan fingerprint density at radius 2 is 1.06 bits per heavy atom. The minimum absolute atomic E-state index is 0.166. The van der Waals surface area contributed by atoms with Crippen LogP contribution in [0.3, 0.4) is 0 Å². The van der Waals surface area contributed by atoms with Gasteiger partial charge in [0.05, 0.1) is 27.7 Å². The maximum atomic E-state index is 11.7. The Morgan fingerprint density at radius 3 is 1.50 bits per heavy atom. The van der Waals surface area contributed by atoms with E-state index in [4.69, 9.17) is 9.05 Å². The van der Waals surface area contributed by atoms with E-state index in [1.807, 2.05) is 21.1 Å². The number of phosphoric acid groups is 1. The highest BCUT2D eigenvalue weighted by Gasteiger charge is 2.12. The monoisotopic (exact) mass is 635 g/mol. The van der Waals surface area contributed by atoms with Crippen LogP contribution in [0.5, 0.6) is 0 Å². The van der Waals surface area contributed by atoms with Crippen molar-refractivity contribution in [1.82, 2.24) is 0 Å². The smallest absolute Gasteiger partial charge is 0.268 e. The second-order valence-corrected chi connectivity index (χ2v) is 13.8. The molecule has 0 fully saturated rings. The number of unbranched alkanes of at least 4 members (excludes halogenated alkanes) is 15. The van der Waals surface area contributed by atoms with E-state index in [2.05, 4.69) is 46.9 Å². The van der Waals surface area contributed by atoms with Gasteiger partial charge in [-0.2, -0.15) is 0 Å². The first-order valence-corrected chi connectivity index (χ1v) is 16.9. The van der Waals surface area contributed by atoms with Crippen molar-refractivity contribution in [3.8, 4) is 0 Å². The van der Waals surface area contributed by atoms with Crippen molar-refractivity contribution < 1.29 is 23.0 Å². The van der Waals surface area contributed by atoms with Crippen LogP contribution in [0.2, 0.25) is 0 Å². The summed E-state index contributed by atoms with van der Waals surface area (Å²) in [6, 6.07) is 8.95. The molecule has 0 saturated heterocycles. The lowest BCUT2D eigenvalue weighted by Crippen LogP contribution is -2.37. The fraction of sp³-hybridized carbons (Fsp3) is 0.793. The van der Waals surface area contributed by atoms with Crippen LogP contribution in [0.25, 0.3) is 0 Å². The van der Waals surface area contributed by atoms with Gasteiger partial charge >= 0.3 is 0 Å². The predicted octanol–water partition coefficient (Wildman–Crippen LogP) is 8.28. The van der Waals surface area contributed by atoms with Crippen molar-refractivity contribution in [2.75, 3.05) is 40.9 Å². The number of hydrogen-bond acceptors (Lipinski definition) is 4. The standard InChI is InChI=1S/C29H53INO4P/c1-31(2,3)25-27-35-36(32,33)34-26-19-17-15-13-11-9-7-5-4-6-8-10-12-14-16-18-20-28-21-23-29(30)24-22-28/h21-24H,4-20,25-27H2,1-3H3/i30-2. The summed E-state index contributed by atoms with van der Waals surface area (Å²) in [5.41, 5.74) is 1.48. The van der Waals surface area contributed by atoms with Gasteiger partial charge in [-0.05, 0) is 59.5 Å². The van der Waals surface area contributed by atoms with Gasteiger partial charge in [-0.25, -0.2) is 0 Å². The molecule has 0 aliphatic carbocycles. The predicted molar refractivity (Wildman–Crippen MR) is 159 cm³/mol. The minimum Gasteiger partial charge on any atom is -0.756 e. The number of nitrogens with zero attached hydrogens (tertiary/aromatic N) is 1. The summed E-state index contributed by atoms with van der Waals surface area (Å²) in [7, 11) is 1.85. The Balaban J connectivity index is 1.76. The maximum absolute atomic E-state index is 11.7. The molecule has 1 aromatic rings. The number of quaternary nitrogens is 1. The van der Waals surface area contributed by atoms with Crippen molar-refractivity contribution in [1.29, 1.82) is 0 Å². The number of aryl methyl sites for hydroxylation is 1. The van der Waals surface area contributed by atoms with Gasteiger partial charge in [0.1, 0.15) is 13.2 Å². The SMILES string of the molecule is C[N+](C)(C)CCOP(=O)([O-])OCCCCCCCCCCCCCCCCCCc1ccc([125I])cc1. The first kappa shape index (κ1) is 34.0. The zero-order valence-corrected chi connectivity index (χ0v) is 26.4. The van der Waals surface area contributed by atoms with Crippen LogP contribution < -0.4 is 4.89 Å². The van der Waals surface area contributed by atoms with Crippen LogP contribution in [0, 0.1) is 3.57 Å². The molecule has 0 aromatic heterocycles. The molecule has 1 unspecified atom stereocenters. The van der Waals surface area contributed by atoms with Crippen LogP contribution in [0.1, 0.15) is 108 Å². The molecule has 36 heavy (non-hydrogen) atoms. The summed E-state index contributed by atoms with van der Waals surface area (Å²) in [5.74, 6) is 0. The summed E-state index contributed by atoms with van der Waals surface area (Å²) in [6.07, 6.45) is 21.8. The van der Waals surface area contributed by atoms with Gasteiger partial charge in [0.25, 0.3) is 7.82 Å². The maximum Gasteiger partial charge on any atom is 0.268 e. The van der Waals surface area contributed by atoms with Crippen LogP contribution in [0.15, 0.2) is 24.3 Å². The van der Waals surface area contributed by atoms with Gasteiger partial charge in [-0.15, -0.1) is 0 Å². The Bertz CT molecular complexity index is 694. The molecule has 1 atom stereocenters. The molecule has 1 aromatic carbocycles. The molecule has 210 valence electrons. The molecule has 0 bridgehead atoms. The highest BCUT2D eigenvalue weighted by molar-refractivity contribution is 14.1. The highest BCUT2D eigenvalue weighted by atomic mass is 125. The Morgan fingerprint density at radius 1 is 0.667 bits per heavy atom. The molecule has 0 spiro atoms. The molecule has 5 nitrogen and oxygen atoms in total. The second-order valence-electron chi connectivity index (χ2n) is 11.2. The molecule has 7 heteroatoms. The lowest BCUT2D eigenvalue weighted by atomic mass is 10.0. The van der Waals surface area contributed by atoms with E-state index in [9.17, 15) is 9.46 Å². The van der Waals surface area contributed by atoms with E-state index in [1.54, 1.807) is 0 Å². The van der Waals surface area contributed by atoms with E-state index >= 15 is 0 Å². The van der Waals surface area contributed by atoms with E-state index in [0.29, 0.717) is 11.0 Å². The van der Waals surface area contributed by atoms with E-state index in [-0.39, 0.29) is 13.2 Å². The summed E-state index contributed by atoms with van der Waals surface area (Å²) in [5, 5.41) is 0. The van der Waals surface area contributed by atoms with Gasteiger partial charge in [0.15, 0.2) is 0 Å². The number of halogens is 1. The van der Waals surface area contributed by atoms with Crippen molar-refractivity contribution >= 4 is 30.4 Å². The Labute approximate surface area is 236 Å². The summed E-state index contributed by atoms with van der Waals surface area (Å²) in [6.45, 7) is 1.03. The number of benzene rings is 1. The Kier molecular flexibility index (Phi) is 19.8. The van der Waals surface area contributed by atoms with E-state index < -0.39 is 7.82 Å². The second kappa shape index (κ2) is 20.9. The largest absolute Gasteiger partial charge is 0.756 e. The zero-order chi connectivity index (χ0) is 26.5. The first-order chi connectivity index (χ1) is 17.2. The lowest BCUT2D eigenvalue weighted by Gasteiger charge is -2.27. The number of phosphoric ester groups is 1. The normalized spacial score (nSPS) is 13.7. The molecule has 0 N–H and O–H groups in total. The quantitative estimate of drug-likeness (QED) is 0.0497. The molecule has 0 amide bonds. The number of rotatable bonds is 24. The van der Waals surface area contributed by atoms with E-state index in [0.717, 1.165) is 19.3 Å². The van der Waals surface area contributed by atoms with E-state index in [1.165, 1.54) is 99.0 Å². The number of likely N-dealkylation sites (N-methyl/N-ethyl adjacent to an activating group) is 1. The molecule has 0 aliphatic rings. The van der Waals surface area contributed by atoms with Crippen LogP contribution in [-0.4, -0.2) is 45.4 Å². The molecule has 0 radical (unpaired) electrons. The topological polar surface area (TPSA) is 58.6 Å². The zero-order valence-electron chi connectivity index (χ0n) is 23.4. The molecule has 1 rings (SSSR count). The van der Waals surface area contributed by atoms with Crippen LogP contribution in [-0.2, 0) is 20.0 Å². The van der Waals surface area contributed by atoms with Gasteiger partial charge in [-0.3, -0.25) is 4.57 Å². The summed E-state index contributed by atoms with van der Waals surface area (Å²) >= 11 is 2.37. The van der Waals surface area contributed by atoms with Gasteiger partial charge in [0.2, 0.25) is 0 Å². The van der Waals surface area contributed by atoms with Crippen molar-refractivity contribution in [3.05, 3.63) is 33.4 Å². The average molecular weight is 636 g/mol. The number of hydrogen-bond donors (Lipinski definition) is 0. The lowest BCUT2D eigenvalue weighted by molar-refractivity contribution is -0.870. The molecule has 0 heterocycles. The third-order valence-corrected chi connectivity index (χ3v) is 8.25. The third-order valence-electron chi connectivity index (χ3n) is 6.53. The molecular formula is C29H53INO4P. The van der Waals surface area contributed by atoms with Gasteiger partial charge < -0.3 is 18.4 Å². The van der Waals surface area contributed by atoms with Crippen LogP contribution >= 0.6 is 30.4 Å². The molecule has 0 saturated carbocycles. The van der Waals surface area contributed by atoms with Crippen molar-refractivity contribution in [2.45, 2.75) is 109 Å². The summed E-state index contributed by atoms with van der Waals surface area (Å²) in [4.78, 5) is 11.7. The van der Waals surface area contributed by atoms with Gasteiger partial charge in [-0.1, -0.05) is 102 Å². The summed E-state index contributed by atoms with van der Waals surface area (Å²) < 4.78 is 23.6. The fourth-order valence-corrected chi connectivity index (χ4v) is 5.29. The van der Waals surface area contributed by atoms with Crippen LogP contribution in [0.4, 0.5) is 0 Å².